The standard InChI is InChI=1S/C14H20N2O3S2/c1-10-7-13(20-9-15)11(14(2,3)4)8-12(10)19-21(17,18)16(5)6/h7-8H,1-6H3. The van der Waals surface area contributed by atoms with Gasteiger partial charge in [0.05, 0.1) is 0 Å². The van der Waals surface area contributed by atoms with Crippen molar-refractivity contribution in [1.82, 2.24) is 4.31 Å². The Kier molecular flexibility index (Phi) is 5.31. The van der Waals surface area contributed by atoms with Crippen LogP contribution >= 0.6 is 11.8 Å². The van der Waals surface area contributed by atoms with Crippen LogP contribution in [0.3, 0.4) is 0 Å². The molecule has 0 bridgehead atoms. The van der Waals surface area contributed by atoms with Crippen LogP contribution in [0.15, 0.2) is 17.0 Å². The molecule has 1 aromatic rings. The van der Waals surface area contributed by atoms with Crippen molar-refractivity contribution < 1.29 is 12.6 Å². The van der Waals surface area contributed by atoms with Crippen LogP contribution in [0.4, 0.5) is 0 Å². The maximum absolute atomic E-state index is 11.9. The second kappa shape index (κ2) is 6.26. The third-order valence-electron chi connectivity index (χ3n) is 2.88. The summed E-state index contributed by atoms with van der Waals surface area (Å²) in [7, 11) is -0.976. The lowest BCUT2D eigenvalue weighted by atomic mass is 9.86. The van der Waals surface area contributed by atoms with Crippen LogP contribution in [0.2, 0.25) is 0 Å². The van der Waals surface area contributed by atoms with Gasteiger partial charge >= 0.3 is 10.3 Å². The third-order valence-corrected chi connectivity index (χ3v) is 4.82. The third kappa shape index (κ3) is 4.37. The van der Waals surface area contributed by atoms with Crippen molar-refractivity contribution in [3.63, 3.8) is 0 Å². The second-order valence-corrected chi connectivity index (χ2v) is 8.46. The van der Waals surface area contributed by atoms with E-state index < -0.39 is 10.3 Å². The molecule has 21 heavy (non-hydrogen) atoms. The summed E-state index contributed by atoms with van der Waals surface area (Å²) in [5.41, 5.74) is 1.32. The minimum Gasteiger partial charge on any atom is -0.370 e. The van der Waals surface area contributed by atoms with E-state index in [-0.39, 0.29) is 11.2 Å². The van der Waals surface area contributed by atoms with Gasteiger partial charge in [-0.25, -0.2) is 0 Å². The molecule has 0 saturated heterocycles. The second-order valence-electron chi connectivity index (χ2n) is 5.88. The van der Waals surface area contributed by atoms with Crippen molar-refractivity contribution in [2.24, 2.45) is 0 Å². The van der Waals surface area contributed by atoms with E-state index in [0.717, 1.165) is 26.5 Å². The fourth-order valence-corrected chi connectivity index (χ4v) is 3.02. The van der Waals surface area contributed by atoms with Gasteiger partial charge in [0.1, 0.15) is 11.2 Å². The maximum atomic E-state index is 11.9. The predicted molar refractivity (Wildman–Crippen MR) is 84.6 cm³/mol. The molecule has 0 amide bonds. The molecule has 116 valence electrons. The Bertz CT molecular complexity index is 669. The first-order valence-corrected chi connectivity index (χ1v) is 8.50. The number of thioether (sulfide) groups is 1. The lowest BCUT2D eigenvalue weighted by Gasteiger charge is -2.24. The monoisotopic (exact) mass is 328 g/mol. The zero-order chi connectivity index (χ0) is 16.4. The zero-order valence-corrected chi connectivity index (χ0v) is 14.7. The first kappa shape index (κ1) is 17.8. The highest BCUT2D eigenvalue weighted by Crippen LogP contribution is 2.37. The highest BCUT2D eigenvalue weighted by atomic mass is 32.2. The summed E-state index contributed by atoms with van der Waals surface area (Å²) >= 11 is 1.07. The molecule has 0 aliphatic carbocycles. The van der Waals surface area contributed by atoms with E-state index in [4.69, 9.17) is 9.44 Å². The quantitative estimate of drug-likeness (QED) is 0.627. The number of thiocyanates is 1. The first-order chi connectivity index (χ1) is 9.49. The highest BCUT2D eigenvalue weighted by molar-refractivity contribution is 8.03. The lowest BCUT2D eigenvalue weighted by Crippen LogP contribution is -2.27. The van der Waals surface area contributed by atoms with Crippen molar-refractivity contribution in [3.8, 4) is 11.2 Å². The van der Waals surface area contributed by atoms with Gasteiger partial charge in [0.2, 0.25) is 0 Å². The van der Waals surface area contributed by atoms with Crippen LogP contribution in [-0.2, 0) is 15.7 Å². The van der Waals surface area contributed by atoms with E-state index in [0.29, 0.717) is 5.56 Å². The number of aryl methyl sites for hydroxylation is 1. The minimum absolute atomic E-state index is 0.229. The number of benzene rings is 1. The van der Waals surface area contributed by atoms with Crippen LogP contribution in [-0.4, -0.2) is 26.8 Å². The number of hydrogen-bond acceptors (Lipinski definition) is 5. The molecule has 0 heterocycles. The average molecular weight is 328 g/mol. The van der Waals surface area contributed by atoms with E-state index in [1.807, 2.05) is 20.8 Å². The molecule has 0 N–H and O–H groups in total. The first-order valence-electron chi connectivity index (χ1n) is 6.32. The smallest absolute Gasteiger partial charge is 0.370 e. The Balaban J connectivity index is 3.41. The summed E-state index contributed by atoms with van der Waals surface area (Å²) in [6, 6.07) is 3.49. The van der Waals surface area contributed by atoms with E-state index in [2.05, 4.69) is 5.40 Å². The van der Waals surface area contributed by atoms with Crippen molar-refractivity contribution >= 4 is 22.1 Å². The van der Waals surface area contributed by atoms with Gasteiger partial charge < -0.3 is 4.18 Å². The van der Waals surface area contributed by atoms with Gasteiger partial charge in [-0.1, -0.05) is 20.8 Å². The molecular weight excluding hydrogens is 308 g/mol. The van der Waals surface area contributed by atoms with E-state index in [9.17, 15) is 8.42 Å². The summed E-state index contributed by atoms with van der Waals surface area (Å²) in [5, 5.41) is 11.0. The number of rotatable bonds is 4. The minimum atomic E-state index is -3.80. The predicted octanol–water partition coefficient (Wildman–Crippen LogP) is 3.05. The van der Waals surface area contributed by atoms with Gasteiger partial charge in [-0.2, -0.15) is 18.0 Å². The topological polar surface area (TPSA) is 70.4 Å². The molecule has 5 nitrogen and oxygen atoms in total. The molecule has 0 aliphatic heterocycles. The molecule has 0 spiro atoms. The number of nitriles is 1. The highest BCUT2D eigenvalue weighted by Gasteiger charge is 2.23. The molecule has 0 fully saturated rings. The van der Waals surface area contributed by atoms with Crippen LogP contribution < -0.4 is 4.18 Å². The SMILES string of the molecule is Cc1cc(SC#N)c(C(C)(C)C)cc1OS(=O)(=O)N(C)C. The molecular formula is C14H20N2O3S2. The average Bonchev–Trinajstić information content (AvgIpc) is 2.31. The van der Waals surface area contributed by atoms with E-state index in [1.165, 1.54) is 14.1 Å². The number of nitrogens with zero attached hydrogens (tertiary/aromatic N) is 2. The van der Waals surface area contributed by atoms with Crippen molar-refractivity contribution in [3.05, 3.63) is 23.3 Å². The normalized spacial score (nSPS) is 12.3. The van der Waals surface area contributed by atoms with Crippen molar-refractivity contribution in [2.45, 2.75) is 38.0 Å². The lowest BCUT2D eigenvalue weighted by molar-refractivity contribution is 0.419. The van der Waals surface area contributed by atoms with Gasteiger partial charge in [-0.05, 0) is 47.4 Å². The molecule has 0 aliphatic rings. The summed E-state index contributed by atoms with van der Waals surface area (Å²) in [6.07, 6.45) is 0. The van der Waals surface area contributed by atoms with Crippen LogP contribution in [0, 0.1) is 17.6 Å². The Morgan fingerprint density at radius 1 is 1.29 bits per heavy atom. The van der Waals surface area contributed by atoms with Gasteiger partial charge in [0, 0.05) is 19.0 Å². The maximum Gasteiger partial charge on any atom is 0.384 e. The number of hydrogen-bond donors (Lipinski definition) is 0. The fourth-order valence-electron chi connectivity index (χ4n) is 1.66. The molecule has 0 aromatic heterocycles. The summed E-state index contributed by atoms with van der Waals surface area (Å²) in [6.45, 7) is 7.77. The largest absolute Gasteiger partial charge is 0.384 e. The van der Waals surface area contributed by atoms with E-state index in [1.54, 1.807) is 19.1 Å². The Morgan fingerprint density at radius 2 is 1.86 bits per heavy atom. The molecule has 1 rings (SSSR count). The molecule has 0 unspecified atom stereocenters. The Labute approximate surface area is 131 Å². The van der Waals surface area contributed by atoms with Gasteiger partial charge in [-0.15, -0.1) is 0 Å². The van der Waals surface area contributed by atoms with Gasteiger partial charge in [0.15, 0.2) is 0 Å². The Hall–Kier alpha value is -1.23. The van der Waals surface area contributed by atoms with Crippen molar-refractivity contribution in [1.29, 1.82) is 5.26 Å². The zero-order valence-electron chi connectivity index (χ0n) is 13.1. The van der Waals surface area contributed by atoms with Crippen molar-refractivity contribution in [2.75, 3.05) is 14.1 Å². The van der Waals surface area contributed by atoms with Gasteiger partial charge in [-0.3, -0.25) is 0 Å². The van der Waals surface area contributed by atoms with Crippen LogP contribution in [0.5, 0.6) is 5.75 Å². The molecule has 1 aromatic carbocycles. The summed E-state index contributed by atoms with van der Waals surface area (Å²) < 4.78 is 29.9. The van der Waals surface area contributed by atoms with Crippen LogP contribution in [0.25, 0.3) is 0 Å². The summed E-state index contributed by atoms with van der Waals surface area (Å²) in [4.78, 5) is 0.817. The molecule has 0 saturated carbocycles. The Morgan fingerprint density at radius 3 is 2.29 bits per heavy atom. The summed E-state index contributed by atoms with van der Waals surface area (Å²) in [5.74, 6) is 0.288. The molecule has 0 atom stereocenters. The van der Waals surface area contributed by atoms with E-state index >= 15 is 0 Å². The molecule has 7 heteroatoms. The van der Waals surface area contributed by atoms with Gasteiger partial charge in [0.25, 0.3) is 0 Å². The fraction of sp³-hybridized carbons (Fsp3) is 0.500. The molecule has 0 radical (unpaired) electrons. The van der Waals surface area contributed by atoms with Crippen LogP contribution in [0.1, 0.15) is 31.9 Å².